The van der Waals surface area contributed by atoms with Crippen LogP contribution in [-0.4, -0.2) is 34.8 Å². The predicted octanol–water partition coefficient (Wildman–Crippen LogP) is -2.70. The molecule has 0 aromatic heterocycles. The van der Waals surface area contributed by atoms with Gasteiger partial charge in [0, 0.05) is 0 Å². The molecule has 10 nitrogen and oxygen atoms in total. The molecule has 0 amide bonds. The topological polar surface area (TPSA) is 214 Å². The van der Waals surface area contributed by atoms with Crippen LogP contribution in [0.15, 0.2) is 15.3 Å². The van der Waals surface area contributed by atoms with E-state index in [1.54, 1.807) is 6.92 Å². The molecule has 12 heteroatoms. The minimum Gasteiger partial charge on any atom is -0.412 e. The lowest BCUT2D eigenvalue weighted by atomic mass is 10.5. The first-order valence-corrected chi connectivity index (χ1v) is 3.28. The lowest BCUT2D eigenvalue weighted by Gasteiger charge is -1.92. The van der Waals surface area contributed by atoms with Crippen LogP contribution < -0.4 is 22.6 Å². The van der Waals surface area contributed by atoms with Crippen LogP contribution in [0.2, 0.25) is 0 Å². The molecule has 0 aromatic rings. The molecule has 17 heavy (non-hydrogen) atoms. The van der Waals surface area contributed by atoms with Gasteiger partial charge >= 0.3 is 0 Å². The van der Waals surface area contributed by atoms with E-state index in [0.29, 0.717) is 5.71 Å². The number of hydrogen-bond donors (Lipinski definition) is 5. The Kier molecular flexibility index (Phi) is 29.2. The van der Waals surface area contributed by atoms with Crippen molar-refractivity contribution < 1.29 is 11.0 Å². The summed E-state index contributed by atoms with van der Waals surface area (Å²) in [7, 11) is 0. The molecule has 0 bridgehead atoms. The Balaban J connectivity index is -0.000000120. The molecule has 0 unspecified atom stereocenters. The number of guanidine groups is 2. The second kappa shape index (κ2) is 16.8. The molecule has 0 aromatic carbocycles. The number of hydrazone groups is 1. The highest BCUT2D eigenvalue weighted by Crippen LogP contribution is 1.74. The van der Waals surface area contributed by atoms with Crippen molar-refractivity contribution in [2.75, 3.05) is 0 Å². The molecule has 0 atom stereocenters. The molecule has 0 aliphatic carbocycles. The van der Waals surface area contributed by atoms with Gasteiger partial charge in [-0.15, -0.1) is 29.9 Å². The van der Waals surface area contributed by atoms with Gasteiger partial charge in [0.2, 0.25) is 11.9 Å². The Bertz CT molecular complexity index is 275. The van der Waals surface area contributed by atoms with Gasteiger partial charge < -0.3 is 28.2 Å². The molecule has 0 fully saturated rings. The highest BCUT2D eigenvalue weighted by molar-refractivity contribution is 6.29. The molecular weight excluding hydrogens is 275 g/mol. The van der Waals surface area contributed by atoms with Crippen molar-refractivity contribution in [2.24, 2.45) is 32.5 Å². The fraction of sp³-hybridized carbons (Fsp3) is 0.200. The fourth-order valence-corrected chi connectivity index (χ4v) is 0.358. The van der Waals surface area contributed by atoms with Crippen molar-refractivity contribution in [3.8, 4) is 0 Å². The average molecular weight is 293 g/mol. The quantitative estimate of drug-likeness (QED) is 0.213. The van der Waals surface area contributed by atoms with E-state index in [1.165, 1.54) is 6.21 Å². The molecule has 104 valence electrons. The minimum absolute atomic E-state index is 0. The monoisotopic (exact) mass is 292 g/mol. The van der Waals surface area contributed by atoms with Crippen LogP contribution in [0, 0.1) is 5.41 Å². The summed E-state index contributed by atoms with van der Waals surface area (Å²) >= 11 is 0. The van der Waals surface area contributed by atoms with E-state index < -0.39 is 0 Å². The Morgan fingerprint density at radius 3 is 1.94 bits per heavy atom. The van der Waals surface area contributed by atoms with E-state index in [1.807, 2.05) is 0 Å². The van der Waals surface area contributed by atoms with Gasteiger partial charge in [-0.2, -0.15) is 10.2 Å². The second-order valence-electron chi connectivity index (χ2n) is 2.05. The lowest BCUT2D eigenvalue weighted by molar-refractivity contribution is 0.823. The van der Waals surface area contributed by atoms with Gasteiger partial charge in [0.25, 0.3) is 0 Å². The molecule has 0 saturated carbocycles. The molecule has 0 aliphatic heterocycles. The first-order valence-electron chi connectivity index (χ1n) is 3.28. The van der Waals surface area contributed by atoms with Crippen LogP contribution in [0.4, 0.5) is 0 Å². The largest absolute Gasteiger partial charge is 0.412 e. The number of rotatable bonds is 3. The maximum absolute atomic E-state index is 6.75. The SMILES string of the molecule is CC(/C=N/NC(=N)N)=N\N=C(N)N.Cl.Cl.O.O. The molecule has 0 aliphatic rings. The van der Waals surface area contributed by atoms with E-state index >= 15 is 0 Å². The van der Waals surface area contributed by atoms with Gasteiger partial charge in [0.15, 0.2) is 0 Å². The van der Waals surface area contributed by atoms with Crippen LogP contribution >= 0.6 is 24.8 Å². The first kappa shape index (κ1) is 29.5. The summed E-state index contributed by atoms with van der Waals surface area (Å²) in [4.78, 5) is 0. The van der Waals surface area contributed by atoms with E-state index in [0.717, 1.165) is 0 Å². The molecule has 0 radical (unpaired) electrons. The summed E-state index contributed by atoms with van der Waals surface area (Å²) in [6.07, 6.45) is 1.33. The van der Waals surface area contributed by atoms with Gasteiger partial charge in [-0.1, -0.05) is 0 Å². The minimum atomic E-state index is -0.258. The second-order valence-corrected chi connectivity index (χ2v) is 2.05. The zero-order valence-electron chi connectivity index (χ0n) is 8.97. The van der Waals surface area contributed by atoms with Crippen molar-refractivity contribution >= 4 is 48.7 Å². The zero-order chi connectivity index (χ0) is 10.3. The number of nitrogens with one attached hydrogen (secondary N) is 2. The summed E-state index contributed by atoms with van der Waals surface area (Å²) in [5.41, 5.74) is 17.7. The molecule has 0 spiro atoms. The summed E-state index contributed by atoms with van der Waals surface area (Å²) in [6, 6.07) is 0. The van der Waals surface area contributed by atoms with E-state index in [-0.39, 0.29) is 47.7 Å². The summed E-state index contributed by atoms with van der Waals surface area (Å²) in [5.74, 6) is -0.391. The maximum atomic E-state index is 6.75. The molecule has 0 rings (SSSR count). The van der Waals surface area contributed by atoms with Crippen LogP contribution in [0.25, 0.3) is 0 Å². The van der Waals surface area contributed by atoms with E-state index in [9.17, 15) is 0 Å². The van der Waals surface area contributed by atoms with Crippen molar-refractivity contribution in [3.05, 3.63) is 0 Å². The third-order valence-electron chi connectivity index (χ3n) is 0.760. The van der Waals surface area contributed by atoms with E-state index in [4.69, 9.17) is 22.6 Å². The zero-order valence-corrected chi connectivity index (χ0v) is 10.6. The number of nitrogens with two attached hydrogens (primary N) is 3. The van der Waals surface area contributed by atoms with Crippen LogP contribution in [0.5, 0.6) is 0 Å². The van der Waals surface area contributed by atoms with Gasteiger partial charge in [-0.3, -0.25) is 5.41 Å². The van der Waals surface area contributed by atoms with Crippen LogP contribution in [-0.2, 0) is 0 Å². The number of nitrogens with zero attached hydrogens (tertiary/aromatic N) is 3. The first-order chi connectivity index (χ1) is 6.02. The van der Waals surface area contributed by atoms with Crippen molar-refractivity contribution in [1.29, 1.82) is 5.41 Å². The predicted molar refractivity (Wildman–Crippen MR) is 74.2 cm³/mol. The molecular formula is C5H18Cl2N8O2. The van der Waals surface area contributed by atoms with Gasteiger partial charge in [0.05, 0.1) is 11.9 Å². The highest BCUT2D eigenvalue weighted by atomic mass is 35.5. The van der Waals surface area contributed by atoms with Gasteiger partial charge in [-0.05, 0) is 6.92 Å². The highest BCUT2D eigenvalue weighted by Gasteiger charge is 1.84. The fourth-order valence-electron chi connectivity index (χ4n) is 0.358. The third-order valence-corrected chi connectivity index (χ3v) is 0.760. The van der Waals surface area contributed by atoms with Crippen LogP contribution in [0.1, 0.15) is 6.92 Å². The van der Waals surface area contributed by atoms with Crippen molar-refractivity contribution in [2.45, 2.75) is 6.92 Å². The Hall–Kier alpha value is -1.62. The van der Waals surface area contributed by atoms with Gasteiger partial charge in [0.1, 0.15) is 0 Å². The standard InChI is InChI=1S/C5H12N8.2ClH.2H2O/c1-3(11-13-5(8)9)2-10-12-4(6)7;;;;/h2H,1H3,(H4,6,7,12)(H4,8,9,13);2*1H;2*1H2/b10-2+,11-3+;;;;. The molecule has 0 saturated heterocycles. The summed E-state index contributed by atoms with van der Waals surface area (Å²) < 4.78 is 0. The Labute approximate surface area is 110 Å². The Morgan fingerprint density at radius 1 is 1.12 bits per heavy atom. The third kappa shape index (κ3) is 25.0. The number of hydrogen-bond acceptors (Lipinski definition) is 4. The average Bonchev–Trinajstić information content (AvgIpc) is 2.00. The van der Waals surface area contributed by atoms with Crippen molar-refractivity contribution in [1.82, 2.24) is 5.43 Å². The summed E-state index contributed by atoms with van der Waals surface area (Å²) in [5, 5.41) is 17.2. The Morgan fingerprint density at radius 2 is 1.59 bits per heavy atom. The number of halogens is 2. The lowest BCUT2D eigenvalue weighted by Crippen LogP contribution is -2.25. The van der Waals surface area contributed by atoms with Crippen molar-refractivity contribution in [3.63, 3.8) is 0 Å². The van der Waals surface area contributed by atoms with Crippen LogP contribution in [0.3, 0.4) is 0 Å². The van der Waals surface area contributed by atoms with Gasteiger partial charge in [-0.25, -0.2) is 5.43 Å². The normalized spacial score (nSPS) is 8.65. The smallest absolute Gasteiger partial charge is 0.211 e. The summed E-state index contributed by atoms with van der Waals surface area (Å²) in [6.45, 7) is 1.64. The molecule has 0 heterocycles. The maximum Gasteiger partial charge on any atom is 0.211 e. The molecule has 12 N–H and O–H groups in total. The van der Waals surface area contributed by atoms with E-state index in [2.05, 4.69) is 20.7 Å².